The van der Waals surface area contributed by atoms with E-state index in [0.29, 0.717) is 41.7 Å². The second-order valence-electron chi connectivity index (χ2n) is 9.42. The van der Waals surface area contributed by atoms with Gasteiger partial charge in [0.05, 0.1) is 22.3 Å². The number of nitrogens with zero attached hydrogens (tertiary/aromatic N) is 3. The first-order chi connectivity index (χ1) is 17.9. The lowest BCUT2D eigenvalue weighted by Gasteiger charge is -2.35. The van der Waals surface area contributed by atoms with Crippen LogP contribution < -0.4 is 5.73 Å². The third-order valence-corrected chi connectivity index (χ3v) is 6.89. The van der Waals surface area contributed by atoms with Crippen LogP contribution in [0.5, 0.6) is 0 Å². The molecule has 0 saturated carbocycles. The topological polar surface area (TPSA) is 64.2 Å². The lowest BCUT2D eigenvalue weighted by molar-refractivity contribution is 0.0605. The highest BCUT2D eigenvalue weighted by molar-refractivity contribution is 6.33. The second kappa shape index (κ2) is 12.4. The summed E-state index contributed by atoms with van der Waals surface area (Å²) in [6.07, 6.45) is 2.71. The van der Waals surface area contributed by atoms with Gasteiger partial charge in [0, 0.05) is 29.9 Å². The average Bonchev–Trinajstić information content (AvgIpc) is 3.29. The van der Waals surface area contributed by atoms with Crippen LogP contribution in [0.1, 0.15) is 48.1 Å². The van der Waals surface area contributed by atoms with Crippen molar-refractivity contribution in [2.75, 3.05) is 13.1 Å². The third-order valence-electron chi connectivity index (χ3n) is 6.32. The summed E-state index contributed by atoms with van der Waals surface area (Å²) in [6, 6.07) is 24.8. The van der Waals surface area contributed by atoms with E-state index in [1.165, 1.54) is 0 Å². The number of aromatic nitrogens is 2. The van der Waals surface area contributed by atoms with Gasteiger partial charge in [0.1, 0.15) is 5.82 Å². The highest BCUT2D eigenvalue weighted by atomic mass is 35.5. The molecule has 0 spiro atoms. The number of carbonyl (C=O) groups is 1. The summed E-state index contributed by atoms with van der Waals surface area (Å²) in [5.74, 6) is 0.760. The van der Waals surface area contributed by atoms with Crippen LogP contribution in [-0.2, 0) is 6.54 Å². The van der Waals surface area contributed by atoms with Crippen LogP contribution in [0.3, 0.4) is 0 Å². The van der Waals surface area contributed by atoms with E-state index in [2.05, 4.69) is 30.5 Å². The predicted octanol–water partition coefficient (Wildman–Crippen LogP) is 7.09. The molecule has 0 bridgehead atoms. The molecule has 192 valence electrons. The molecule has 1 amide bonds. The molecule has 0 fully saturated rings. The van der Waals surface area contributed by atoms with Gasteiger partial charge in [-0.15, -0.1) is 0 Å². The van der Waals surface area contributed by atoms with E-state index >= 15 is 0 Å². The van der Waals surface area contributed by atoms with Crippen molar-refractivity contribution in [1.82, 2.24) is 14.5 Å². The second-order valence-corrected chi connectivity index (χ2v) is 10.3. The van der Waals surface area contributed by atoms with Gasteiger partial charge in [-0.25, -0.2) is 4.98 Å². The first-order valence-corrected chi connectivity index (χ1v) is 13.3. The minimum atomic E-state index is -0.299. The van der Waals surface area contributed by atoms with Crippen molar-refractivity contribution in [1.29, 1.82) is 0 Å². The Morgan fingerprint density at radius 2 is 1.73 bits per heavy atom. The molecule has 5 nitrogen and oxygen atoms in total. The number of hydrogen-bond acceptors (Lipinski definition) is 3. The van der Waals surface area contributed by atoms with E-state index in [4.69, 9.17) is 33.9 Å². The van der Waals surface area contributed by atoms with Gasteiger partial charge in [0.25, 0.3) is 5.91 Å². The maximum absolute atomic E-state index is 13.9. The minimum Gasteiger partial charge on any atom is -0.330 e. The van der Waals surface area contributed by atoms with Crippen molar-refractivity contribution in [3.8, 4) is 11.3 Å². The van der Waals surface area contributed by atoms with Crippen LogP contribution in [0.25, 0.3) is 11.3 Å². The van der Waals surface area contributed by atoms with Gasteiger partial charge < -0.3 is 15.2 Å². The zero-order valence-corrected chi connectivity index (χ0v) is 22.7. The van der Waals surface area contributed by atoms with E-state index in [-0.39, 0.29) is 17.9 Å². The molecule has 7 heteroatoms. The Kier molecular flexibility index (Phi) is 9.04. The van der Waals surface area contributed by atoms with Gasteiger partial charge >= 0.3 is 0 Å². The monoisotopic (exact) mass is 534 g/mol. The molecule has 1 aromatic heterocycles. The van der Waals surface area contributed by atoms with E-state index in [1.54, 1.807) is 12.1 Å². The molecule has 0 aliphatic rings. The molecule has 0 unspecified atom stereocenters. The number of carbonyl (C=O) groups excluding carboxylic acids is 1. The van der Waals surface area contributed by atoms with Gasteiger partial charge in [0.15, 0.2) is 0 Å². The Labute approximate surface area is 228 Å². The molecule has 1 atom stereocenters. The number of rotatable bonds is 10. The molecule has 3 aromatic carbocycles. The summed E-state index contributed by atoms with van der Waals surface area (Å²) < 4.78 is 2.14. The van der Waals surface area contributed by atoms with Gasteiger partial charge in [-0.3, -0.25) is 4.79 Å². The minimum absolute atomic E-state index is 0.0772. The molecule has 0 aliphatic carbocycles. The number of halogens is 2. The smallest absolute Gasteiger partial charge is 0.255 e. The fourth-order valence-corrected chi connectivity index (χ4v) is 4.98. The van der Waals surface area contributed by atoms with Gasteiger partial charge in [-0.05, 0) is 48.7 Å². The Balaban J connectivity index is 1.84. The van der Waals surface area contributed by atoms with E-state index in [1.807, 2.05) is 65.7 Å². The van der Waals surface area contributed by atoms with Crippen LogP contribution in [0, 0.1) is 5.92 Å². The maximum atomic E-state index is 13.9. The van der Waals surface area contributed by atoms with Crippen molar-refractivity contribution in [2.24, 2.45) is 11.7 Å². The quantitative estimate of drug-likeness (QED) is 0.236. The molecule has 4 rings (SSSR count). The van der Waals surface area contributed by atoms with Crippen molar-refractivity contribution in [3.63, 3.8) is 0 Å². The van der Waals surface area contributed by atoms with Crippen LogP contribution in [0.15, 0.2) is 85.1 Å². The summed E-state index contributed by atoms with van der Waals surface area (Å²) in [5.41, 5.74) is 9.24. The third kappa shape index (κ3) is 6.42. The van der Waals surface area contributed by atoms with Gasteiger partial charge in [-0.2, -0.15) is 0 Å². The lowest BCUT2D eigenvalue weighted by atomic mass is 9.99. The summed E-state index contributed by atoms with van der Waals surface area (Å²) in [7, 11) is 0. The Morgan fingerprint density at radius 3 is 2.41 bits per heavy atom. The SMILES string of the molecule is CC(C)[C@H](c1nc(-c2cccc(Cl)c2)cn1Cc1ccccc1)N(CCCN)C(=O)c1ccccc1Cl. The maximum Gasteiger partial charge on any atom is 0.255 e. The van der Waals surface area contributed by atoms with E-state index in [0.717, 1.165) is 22.6 Å². The predicted molar refractivity (Wildman–Crippen MR) is 152 cm³/mol. The molecule has 0 saturated heterocycles. The first-order valence-electron chi connectivity index (χ1n) is 12.5. The van der Waals surface area contributed by atoms with Crippen LogP contribution >= 0.6 is 23.2 Å². The van der Waals surface area contributed by atoms with Crippen molar-refractivity contribution in [3.05, 3.63) is 112 Å². The Morgan fingerprint density at radius 1 is 1.00 bits per heavy atom. The normalized spacial score (nSPS) is 12.1. The Bertz CT molecular complexity index is 1340. The fraction of sp³-hybridized carbons (Fsp3) is 0.267. The van der Waals surface area contributed by atoms with E-state index in [9.17, 15) is 4.79 Å². The molecule has 0 aliphatic heterocycles. The molecule has 2 N–H and O–H groups in total. The van der Waals surface area contributed by atoms with Crippen LogP contribution in [0.2, 0.25) is 10.0 Å². The number of benzene rings is 3. The molecule has 37 heavy (non-hydrogen) atoms. The van der Waals surface area contributed by atoms with E-state index < -0.39 is 0 Å². The highest BCUT2D eigenvalue weighted by Crippen LogP contribution is 2.34. The molecular formula is C30H32Cl2N4O. The fourth-order valence-electron chi connectivity index (χ4n) is 4.58. The largest absolute Gasteiger partial charge is 0.330 e. The van der Waals surface area contributed by atoms with Gasteiger partial charge in [-0.1, -0.05) is 91.6 Å². The molecule has 0 radical (unpaired) electrons. The lowest BCUT2D eigenvalue weighted by Crippen LogP contribution is -2.40. The van der Waals surface area contributed by atoms with Crippen LogP contribution in [-0.4, -0.2) is 33.4 Å². The number of hydrogen-bond donors (Lipinski definition) is 1. The first kappa shape index (κ1) is 26.9. The highest BCUT2D eigenvalue weighted by Gasteiger charge is 2.33. The van der Waals surface area contributed by atoms with Crippen LogP contribution in [0.4, 0.5) is 0 Å². The molecule has 1 heterocycles. The Hall–Kier alpha value is -3.12. The number of amides is 1. The summed E-state index contributed by atoms with van der Waals surface area (Å²) in [4.78, 5) is 20.9. The molecule has 4 aromatic rings. The standard InChI is InChI=1S/C30H32Cl2N4O/c1-21(2)28(36(17-9-16-33)30(37)25-14-6-7-15-26(25)32)29-34-27(23-12-8-13-24(31)18-23)20-35(29)19-22-10-4-3-5-11-22/h3-8,10-15,18,20-21,28H,9,16-17,19,33H2,1-2H3/t28-/m1/s1. The van der Waals surface area contributed by atoms with Crippen molar-refractivity contribution < 1.29 is 4.79 Å². The molecular weight excluding hydrogens is 503 g/mol. The average molecular weight is 536 g/mol. The van der Waals surface area contributed by atoms with Crippen molar-refractivity contribution >= 4 is 29.1 Å². The zero-order chi connectivity index (χ0) is 26.4. The number of nitrogens with two attached hydrogens (primary N) is 1. The zero-order valence-electron chi connectivity index (χ0n) is 21.1. The van der Waals surface area contributed by atoms with Crippen molar-refractivity contribution in [2.45, 2.75) is 32.9 Å². The summed E-state index contributed by atoms with van der Waals surface area (Å²) >= 11 is 12.8. The van der Waals surface area contributed by atoms with Gasteiger partial charge in [0.2, 0.25) is 0 Å². The summed E-state index contributed by atoms with van der Waals surface area (Å²) in [6.45, 7) is 5.82. The summed E-state index contributed by atoms with van der Waals surface area (Å²) in [5, 5.41) is 1.08. The number of imidazole rings is 1.